The standard InChI is InChI=1S/C14H23BrN2O2/c1-3-16-14(6-7-19-9-8-18-2)10-13-5-4-12(15)11-17-13/h4-5,11,14,16H,3,6-10H2,1-2H3. The van der Waals surface area contributed by atoms with Crippen LogP contribution in [0.1, 0.15) is 19.0 Å². The molecule has 1 heterocycles. The fourth-order valence-corrected chi connectivity index (χ4v) is 2.05. The van der Waals surface area contributed by atoms with Crippen LogP contribution >= 0.6 is 15.9 Å². The van der Waals surface area contributed by atoms with Crippen LogP contribution in [0.2, 0.25) is 0 Å². The van der Waals surface area contributed by atoms with Gasteiger partial charge in [0.2, 0.25) is 0 Å². The van der Waals surface area contributed by atoms with Crippen molar-refractivity contribution in [2.75, 3.05) is 33.5 Å². The molecule has 0 aliphatic carbocycles. The number of nitrogens with zero attached hydrogens (tertiary/aromatic N) is 1. The predicted molar refractivity (Wildman–Crippen MR) is 80.4 cm³/mol. The van der Waals surface area contributed by atoms with Crippen LogP contribution in [0, 0.1) is 0 Å². The van der Waals surface area contributed by atoms with E-state index in [0.29, 0.717) is 19.3 Å². The maximum Gasteiger partial charge on any atom is 0.0700 e. The van der Waals surface area contributed by atoms with Gasteiger partial charge in [-0.2, -0.15) is 0 Å². The summed E-state index contributed by atoms with van der Waals surface area (Å²) in [5.74, 6) is 0. The Balaban J connectivity index is 2.33. The minimum atomic E-state index is 0.404. The number of pyridine rings is 1. The zero-order valence-electron chi connectivity index (χ0n) is 11.7. The van der Waals surface area contributed by atoms with E-state index in [4.69, 9.17) is 9.47 Å². The summed E-state index contributed by atoms with van der Waals surface area (Å²) in [6.07, 6.45) is 3.75. The van der Waals surface area contributed by atoms with Crippen LogP contribution in [0.4, 0.5) is 0 Å². The minimum absolute atomic E-state index is 0.404. The molecule has 4 nitrogen and oxygen atoms in total. The summed E-state index contributed by atoms with van der Waals surface area (Å²) in [5.41, 5.74) is 1.10. The molecule has 0 saturated heterocycles. The second kappa shape index (κ2) is 10.3. The van der Waals surface area contributed by atoms with Crippen molar-refractivity contribution in [2.45, 2.75) is 25.8 Å². The van der Waals surface area contributed by atoms with Crippen molar-refractivity contribution in [1.29, 1.82) is 0 Å². The molecule has 1 aromatic heterocycles. The van der Waals surface area contributed by atoms with Crippen LogP contribution in [0.25, 0.3) is 0 Å². The molecular formula is C14H23BrN2O2. The Bertz CT molecular complexity index is 333. The van der Waals surface area contributed by atoms with Gasteiger partial charge < -0.3 is 14.8 Å². The summed E-state index contributed by atoms with van der Waals surface area (Å²) in [6.45, 7) is 5.14. The summed E-state index contributed by atoms with van der Waals surface area (Å²) < 4.78 is 11.5. The second-order valence-electron chi connectivity index (χ2n) is 4.32. The van der Waals surface area contributed by atoms with Gasteiger partial charge >= 0.3 is 0 Å². The maximum atomic E-state index is 5.51. The Kier molecular flexibility index (Phi) is 8.99. The first-order valence-electron chi connectivity index (χ1n) is 6.66. The molecular weight excluding hydrogens is 308 g/mol. The molecule has 19 heavy (non-hydrogen) atoms. The summed E-state index contributed by atoms with van der Waals surface area (Å²) in [6, 6.07) is 4.49. The van der Waals surface area contributed by atoms with E-state index in [-0.39, 0.29) is 0 Å². The molecule has 0 bridgehead atoms. The summed E-state index contributed by atoms with van der Waals surface area (Å²) >= 11 is 3.40. The molecule has 0 aromatic carbocycles. The molecule has 0 spiro atoms. The van der Waals surface area contributed by atoms with Gasteiger partial charge in [0.05, 0.1) is 13.2 Å². The molecule has 0 saturated carbocycles. The van der Waals surface area contributed by atoms with Gasteiger partial charge in [-0.25, -0.2) is 0 Å². The number of hydrogen-bond donors (Lipinski definition) is 1. The Hall–Kier alpha value is -0.490. The first-order valence-corrected chi connectivity index (χ1v) is 7.46. The van der Waals surface area contributed by atoms with E-state index >= 15 is 0 Å². The van der Waals surface area contributed by atoms with Crippen LogP contribution in [0.5, 0.6) is 0 Å². The molecule has 1 atom stereocenters. The lowest BCUT2D eigenvalue weighted by Gasteiger charge is -2.17. The van der Waals surface area contributed by atoms with Crippen LogP contribution in [-0.4, -0.2) is 44.5 Å². The molecule has 1 N–H and O–H groups in total. The van der Waals surface area contributed by atoms with Gasteiger partial charge in [-0.05, 0) is 41.0 Å². The highest BCUT2D eigenvalue weighted by atomic mass is 79.9. The molecule has 5 heteroatoms. The normalized spacial score (nSPS) is 12.6. The largest absolute Gasteiger partial charge is 0.382 e. The average molecular weight is 331 g/mol. The lowest BCUT2D eigenvalue weighted by molar-refractivity contribution is 0.0658. The molecule has 0 amide bonds. The summed E-state index contributed by atoms with van der Waals surface area (Å²) in [5, 5.41) is 3.47. The van der Waals surface area contributed by atoms with E-state index in [2.05, 4.69) is 39.2 Å². The van der Waals surface area contributed by atoms with Crippen LogP contribution in [0.3, 0.4) is 0 Å². The van der Waals surface area contributed by atoms with E-state index in [1.165, 1.54) is 0 Å². The van der Waals surface area contributed by atoms with Crippen molar-refractivity contribution in [3.63, 3.8) is 0 Å². The number of rotatable bonds is 10. The van der Waals surface area contributed by atoms with Crippen molar-refractivity contribution in [3.05, 3.63) is 28.5 Å². The smallest absolute Gasteiger partial charge is 0.0700 e. The van der Waals surface area contributed by atoms with Gasteiger partial charge in [0, 0.05) is 42.5 Å². The Morgan fingerprint density at radius 3 is 2.79 bits per heavy atom. The van der Waals surface area contributed by atoms with Crippen molar-refractivity contribution >= 4 is 15.9 Å². The van der Waals surface area contributed by atoms with Gasteiger partial charge in [-0.1, -0.05) is 6.92 Å². The van der Waals surface area contributed by atoms with Gasteiger partial charge in [0.15, 0.2) is 0 Å². The molecule has 0 aliphatic rings. The third kappa shape index (κ3) is 7.62. The van der Waals surface area contributed by atoms with E-state index in [1.807, 2.05) is 12.3 Å². The summed E-state index contributed by atoms with van der Waals surface area (Å²) in [4.78, 5) is 4.41. The average Bonchev–Trinajstić information content (AvgIpc) is 2.41. The summed E-state index contributed by atoms with van der Waals surface area (Å²) in [7, 11) is 1.68. The van der Waals surface area contributed by atoms with E-state index in [9.17, 15) is 0 Å². The number of methoxy groups -OCH3 is 1. The number of hydrogen-bond acceptors (Lipinski definition) is 4. The van der Waals surface area contributed by atoms with Gasteiger partial charge in [0.1, 0.15) is 0 Å². The highest BCUT2D eigenvalue weighted by Crippen LogP contribution is 2.10. The molecule has 0 fully saturated rings. The predicted octanol–water partition coefficient (Wildman–Crippen LogP) is 2.42. The zero-order valence-corrected chi connectivity index (χ0v) is 13.3. The van der Waals surface area contributed by atoms with Gasteiger partial charge in [0.25, 0.3) is 0 Å². The van der Waals surface area contributed by atoms with Crippen molar-refractivity contribution in [2.24, 2.45) is 0 Å². The van der Waals surface area contributed by atoms with Gasteiger partial charge in [-0.15, -0.1) is 0 Å². The minimum Gasteiger partial charge on any atom is -0.382 e. The topological polar surface area (TPSA) is 43.4 Å². The molecule has 0 aliphatic heterocycles. The first kappa shape index (κ1) is 16.6. The maximum absolute atomic E-state index is 5.51. The lowest BCUT2D eigenvalue weighted by atomic mass is 10.1. The van der Waals surface area contributed by atoms with Crippen LogP contribution in [0.15, 0.2) is 22.8 Å². The van der Waals surface area contributed by atoms with Crippen molar-refractivity contribution in [1.82, 2.24) is 10.3 Å². The SMILES string of the molecule is CCNC(CCOCCOC)Cc1ccc(Br)cn1. The van der Waals surface area contributed by atoms with Gasteiger partial charge in [-0.3, -0.25) is 4.98 Å². The molecule has 1 aromatic rings. The Morgan fingerprint density at radius 2 is 2.16 bits per heavy atom. The molecule has 0 radical (unpaired) electrons. The fraction of sp³-hybridized carbons (Fsp3) is 0.643. The first-order chi connectivity index (χ1) is 9.26. The fourth-order valence-electron chi connectivity index (χ4n) is 1.81. The zero-order chi connectivity index (χ0) is 13.9. The van der Waals surface area contributed by atoms with E-state index in [0.717, 1.165) is 36.2 Å². The van der Waals surface area contributed by atoms with E-state index < -0.39 is 0 Å². The highest BCUT2D eigenvalue weighted by molar-refractivity contribution is 9.10. The monoisotopic (exact) mass is 330 g/mol. The highest BCUT2D eigenvalue weighted by Gasteiger charge is 2.09. The van der Waals surface area contributed by atoms with Crippen molar-refractivity contribution < 1.29 is 9.47 Å². The van der Waals surface area contributed by atoms with E-state index in [1.54, 1.807) is 7.11 Å². The third-order valence-electron chi connectivity index (χ3n) is 2.78. The number of likely N-dealkylation sites (N-methyl/N-ethyl adjacent to an activating group) is 1. The second-order valence-corrected chi connectivity index (χ2v) is 5.24. The Morgan fingerprint density at radius 1 is 1.32 bits per heavy atom. The number of aromatic nitrogens is 1. The van der Waals surface area contributed by atoms with Crippen molar-refractivity contribution in [3.8, 4) is 0 Å². The van der Waals surface area contributed by atoms with Crippen LogP contribution in [-0.2, 0) is 15.9 Å². The molecule has 108 valence electrons. The molecule has 1 unspecified atom stereocenters. The number of halogens is 1. The van der Waals surface area contributed by atoms with Crippen LogP contribution < -0.4 is 5.32 Å². The lowest BCUT2D eigenvalue weighted by Crippen LogP contribution is -2.32. The third-order valence-corrected chi connectivity index (χ3v) is 3.25. The number of ether oxygens (including phenoxy) is 2. The molecule has 1 rings (SSSR count). The number of nitrogens with one attached hydrogen (secondary N) is 1. The quantitative estimate of drug-likeness (QED) is 0.669. The Labute approximate surface area is 124 Å².